The smallest absolute Gasteiger partial charge is 0.300 e. The highest BCUT2D eigenvalue weighted by molar-refractivity contribution is 6.51. The number of nitrogens with zero attached hydrogens (tertiary/aromatic N) is 3. The Morgan fingerprint density at radius 3 is 1.89 bits per heavy atom. The van der Waals surface area contributed by atoms with Crippen LogP contribution in [-0.2, 0) is 9.59 Å². The molecule has 1 saturated heterocycles. The quantitative estimate of drug-likeness (QED) is 0.291. The third kappa shape index (κ3) is 4.70. The molecular formula is C29H31N3O5. The lowest BCUT2D eigenvalue weighted by molar-refractivity contribution is -0.132. The predicted octanol–water partition coefficient (Wildman–Crippen LogP) is 4.46. The maximum atomic E-state index is 13.5. The molecule has 1 atom stereocenters. The van der Waals surface area contributed by atoms with Gasteiger partial charge in [-0.3, -0.25) is 14.5 Å². The molecule has 8 nitrogen and oxygen atoms in total. The summed E-state index contributed by atoms with van der Waals surface area (Å²) in [5.74, 6) is -0.945. The van der Waals surface area contributed by atoms with Crippen molar-refractivity contribution in [3.05, 3.63) is 83.4 Å². The van der Waals surface area contributed by atoms with Gasteiger partial charge in [0.1, 0.15) is 17.3 Å². The highest BCUT2D eigenvalue weighted by Crippen LogP contribution is 2.44. The summed E-state index contributed by atoms with van der Waals surface area (Å²) in [5, 5.41) is 11.5. The van der Waals surface area contributed by atoms with Crippen LogP contribution >= 0.6 is 0 Å². The standard InChI is InChI=1S/C29H31N3O5/c1-30(2)19-9-7-18(8-10-19)26-25(27(33)23-16-15-22(36-5)17-24(23)37-6)28(34)29(35)32(26)21-13-11-20(12-14-21)31(3)4/h7-17,26,33H,1-6H3/b27-25-. The van der Waals surface area contributed by atoms with Gasteiger partial charge in [0, 0.05) is 51.3 Å². The summed E-state index contributed by atoms with van der Waals surface area (Å²) in [5.41, 5.74) is 3.44. The molecule has 3 aromatic rings. The van der Waals surface area contributed by atoms with E-state index in [1.54, 1.807) is 30.3 Å². The van der Waals surface area contributed by atoms with Crippen LogP contribution in [0, 0.1) is 0 Å². The largest absolute Gasteiger partial charge is 0.507 e. The number of Topliss-reactive ketones (excluding diaryl/α,β-unsaturated/α-hetero) is 1. The number of amides is 1. The molecule has 8 heteroatoms. The second-order valence-corrected chi connectivity index (χ2v) is 9.13. The fraction of sp³-hybridized carbons (Fsp3) is 0.241. The van der Waals surface area contributed by atoms with E-state index in [0.717, 1.165) is 11.4 Å². The van der Waals surface area contributed by atoms with Gasteiger partial charge in [0.2, 0.25) is 0 Å². The Labute approximate surface area is 216 Å². The lowest BCUT2D eigenvalue weighted by atomic mass is 9.94. The molecule has 1 fully saturated rings. The number of aliphatic hydroxyl groups is 1. The van der Waals surface area contributed by atoms with E-state index in [1.165, 1.54) is 19.1 Å². The Balaban J connectivity index is 1.93. The van der Waals surface area contributed by atoms with E-state index in [4.69, 9.17) is 9.47 Å². The molecule has 1 amide bonds. The number of hydrogen-bond acceptors (Lipinski definition) is 7. The lowest BCUT2D eigenvalue weighted by Gasteiger charge is -2.26. The summed E-state index contributed by atoms with van der Waals surface area (Å²) >= 11 is 0. The van der Waals surface area contributed by atoms with Crippen molar-refractivity contribution in [1.82, 2.24) is 0 Å². The summed E-state index contributed by atoms with van der Waals surface area (Å²) in [6.07, 6.45) is 0. The normalized spacial score (nSPS) is 16.6. The predicted molar refractivity (Wildman–Crippen MR) is 146 cm³/mol. The molecule has 0 bridgehead atoms. The van der Waals surface area contributed by atoms with E-state index in [0.29, 0.717) is 28.3 Å². The lowest BCUT2D eigenvalue weighted by Crippen LogP contribution is -2.29. The number of anilines is 3. The van der Waals surface area contributed by atoms with Gasteiger partial charge in [-0.25, -0.2) is 0 Å². The van der Waals surface area contributed by atoms with Crippen LogP contribution in [-0.4, -0.2) is 59.2 Å². The summed E-state index contributed by atoms with van der Waals surface area (Å²) < 4.78 is 10.7. The molecule has 0 spiro atoms. The fourth-order valence-electron chi connectivity index (χ4n) is 4.42. The Bertz CT molecular complexity index is 1340. The maximum Gasteiger partial charge on any atom is 0.300 e. The molecule has 1 aliphatic heterocycles. The number of aliphatic hydroxyl groups excluding tert-OH is 1. The van der Waals surface area contributed by atoms with Crippen LogP contribution < -0.4 is 24.2 Å². The summed E-state index contributed by atoms with van der Waals surface area (Å²) in [4.78, 5) is 32.3. The highest BCUT2D eigenvalue weighted by atomic mass is 16.5. The minimum absolute atomic E-state index is 0.0113. The van der Waals surface area contributed by atoms with E-state index in [9.17, 15) is 14.7 Å². The second kappa shape index (κ2) is 10.3. The fourth-order valence-corrected chi connectivity index (χ4v) is 4.42. The van der Waals surface area contributed by atoms with Crippen molar-refractivity contribution in [3.8, 4) is 11.5 Å². The average Bonchev–Trinajstić information content (AvgIpc) is 3.17. The third-order valence-electron chi connectivity index (χ3n) is 6.48. The second-order valence-electron chi connectivity index (χ2n) is 9.13. The Hall–Kier alpha value is -4.46. The van der Waals surface area contributed by atoms with Gasteiger partial charge in [0.15, 0.2) is 0 Å². The monoisotopic (exact) mass is 501 g/mol. The zero-order chi connectivity index (χ0) is 26.9. The van der Waals surface area contributed by atoms with E-state index in [1.807, 2.05) is 74.4 Å². The maximum absolute atomic E-state index is 13.5. The SMILES string of the molecule is COc1ccc(/C(O)=C2/C(=O)C(=O)N(c3ccc(N(C)C)cc3)C2c2ccc(N(C)C)cc2)c(OC)c1. The molecule has 0 saturated carbocycles. The van der Waals surface area contributed by atoms with E-state index in [-0.39, 0.29) is 11.3 Å². The van der Waals surface area contributed by atoms with E-state index < -0.39 is 17.7 Å². The van der Waals surface area contributed by atoms with Gasteiger partial charge in [-0.2, -0.15) is 0 Å². The number of carbonyl (C=O) groups excluding carboxylic acids is 2. The minimum atomic E-state index is -0.840. The van der Waals surface area contributed by atoms with Crippen molar-refractivity contribution in [2.45, 2.75) is 6.04 Å². The molecule has 4 rings (SSSR count). The van der Waals surface area contributed by atoms with Gasteiger partial charge in [0.25, 0.3) is 11.7 Å². The first-order valence-corrected chi connectivity index (χ1v) is 11.8. The van der Waals surface area contributed by atoms with Gasteiger partial charge in [-0.05, 0) is 54.1 Å². The van der Waals surface area contributed by atoms with Crippen molar-refractivity contribution in [3.63, 3.8) is 0 Å². The van der Waals surface area contributed by atoms with E-state index >= 15 is 0 Å². The Morgan fingerprint density at radius 2 is 1.38 bits per heavy atom. The van der Waals surface area contributed by atoms with Crippen molar-refractivity contribution in [2.75, 3.05) is 57.1 Å². The molecule has 1 unspecified atom stereocenters. The highest BCUT2D eigenvalue weighted by Gasteiger charge is 2.47. The first-order chi connectivity index (χ1) is 17.7. The van der Waals surface area contributed by atoms with Gasteiger partial charge in [-0.1, -0.05) is 12.1 Å². The average molecular weight is 502 g/mol. The molecular weight excluding hydrogens is 470 g/mol. The molecule has 1 aliphatic rings. The van der Waals surface area contributed by atoms with Crippen LogP contribution in [0.15, 0.2) is 72.3 Å². The van der Waals surface area contributed by atoms with Crippen molar-refractivity contribution >= 4 is 34.5 Å². The third-order valence-corrected chi connectivity index (χ3v) is 6.48. The zero-order valence-electron chi connectivity index (χ0n) is 21.9. The molecule has 3 aromatic carbocycles. The summed E-state index contributed by atoms with van der Waals surface area (Å²) in [7, 11) is 10.7. The molecule has 37 heavy (non-hydrogen) atoms. The van der Waals surface area contributed by atoms with Crippen LogP contribution in [0.4, 0.5) is 17.1 Å². The molecule has 1 N–H and O–H groups in total. The van der Waals surface area contributed by atoms with Crippen molar-refractivity contribution < 1.29 is 24.2 Å². The number of ether oxygens (including phenoxy) is 2. The van der Waals surface area contributed by atoms with Gasteiger partial charge >= 0.3 is 0 Å². The first kappa shape index (κ1) is 25.6. The van der Waals surface area contributed by atoms with Crippen molar-refractivity contribution in [1.29, 1.82) is 0 Å². The van der Waals surface area contributed by atoms with Crippen LogP contribution in [0.5, 0.6) is 11.5 Å². The van der Waals surface area contributed by atoms with Crippen LogP contribution in [0.25, 0.3) is 5.76 Å². The van der Waals surface area contributed by atoms with Crippen LogP contribution in [0.1, 0.15) is 17.2 Å². The topological polar surface area (TPSA) is 82.5 Å². The Kier molecular flexibility index (Phi) is 7.11. The molecule has 0 aliphatic carbocycles. The molecule has 0 aromatic heterocycles. The number of methoxy groups -OCH3 is 2. The van der Waals surface area contributed by atoms with Crippen LogP contribution in [0.2, 0.25) is 0 Å². The van der Waals surface area contributed by atoms with Gasteiger partial charge in [0.05, 0.1) is 31.4 Å². The molecule has 1 heterocycles. The van der Waals surface area contributed by atoms with Crippen molar-refractivity contribution in [2.24, 2.45) is 0 Å². The summed E-state index contributed by atoms with van der Waals surface area (Å²) in [6.45, 7) is 0. The zero-order valence-corrected chi connectivity index (χ0v) is 21.9. The van der Waals surface area contributed by atoms with E-state index in [2.05, 4.69) is 0 Å². The molecule has 192 valence electrons. The van der Waals surface area contributed by atoms with Gasteiger partial charge in [-0.15, -0.1) is 0 Å². The van der Waals surface area contributed by atoms with Gasteiger partial charge < -0.3 is 24.4 Å². The number of carbonyl (C=O) groups is 2. The minimum Gasteiger partial charge on any atom is -0.507 e. The first-order valence-electron chi connectivity index (χ1n) is 11.8. The number of ketones is 1. The number of benzene rings is 3. The summed E-state index contributed by atoms with van der Waals surface area (Å²) in [6, 6.07) is 19.0. The number of rotatable bonds is 7. The van der Waals surface area contributed by atoms with Crippen LogP contribution in [0.3, 0.4) is 0 Å². The molecule has 0 radical (unpaired) electrons. The Morgan fingerprint density at radius 1 is 0.811 bits per heavy atom. The number of hydrogen-bond donors (Lipinski definition) is 1.